The predicted octanol–water partition coefficient (Wildman–Crippen LogP) is 2.52. The zero-order valence-corrected chi connectivity index (χ0v) is 10.3. The molecule has 5 nitrogen and oxygen atoms in total. The molecule has 0 bridgehead atoms. The molecular formula is C14H12N4O. The molecule has 2 heterocycles. The summed E-state index contributed by atoms with van der Waals surface area (Å²) in [5, 5.41) is 10.4. The smallest absolute Gasteiger partial charge is 0.259 e. The van der Waals surface area contributed by atoms with E-state index in [0.717, 1.165) is 16.6 Å². The van der Waals surface area contributed by atoms with E-state index >= 15 is 0 Å². The average Bonchev–Trinajstić information content (AvgIpc) is 2.85. The number of aromatic nitrogens is 3. The van der Waals surface area contributed by atoms with Gasteiger partial charge in [-0.1, -0.05) is 18.2 Å². The number of rotatable bonds is 2. The van der Waals surface area contributed by atoms with Crippen LogP contribution in [0.4, 0.5) is 5.69 Å². The van der Waals surface area contributed by atoms with Crippen LogP contribution < -0.4 is 5.32 Å². The molecule has 0 atom stereocenters. The van der Waals surface area contributed by atoms with Crippen molar-refractivity contribution in [3.8, 4) is 0 Å². The Morgan fingerprint density at radius 3 is 2.89 bits per heavy atom. The molecule has 3 aromatic rings. The molecule has 1 amide bonds. The number of hydrogen-bond donors (Lipinski definition) is 2. The lowest BCUT2D eigenvalue weighted by Crippen LogP contribution is -2.12. The molecular weight excluding hydrogens is 240 g/mol. The number of H-pyrrole nitrogens is 1. The van der Waals surface area contributed by atoms with Gasteiger partial charge in [0.05, 0.1) is 23.0 Å². The number of carbonyl (C=O) groups excluding carboxylic acids is 1. The summed E-state index contributed by atoms with van der Waals surface area (Å²) in [5.41, 5.74) is 2.75. The lowest BCUT2D eigenvalue weighted by Gasteiger charge is -2.07. The van der Waals surface area contributed by atoms with Crippen molar-refractivity contribution in [2.45, 2.75) is 6.92 Å². The minimum absolute atomic E-state index is 0.190. The van der Waals surface area contributed by atoms with Crippen LogP contribution in [0.5, 0.6) is 0 Å². The number of nitrogens with zero attached hydrogens (tertiary/aromatic N) is 2. The number of pyridine rings is 1. The van der Waals surface area contributed by atoms with E-state index in [1.165, 1.54) is 6.20 Å². The monoisotopic (exact) mass is 252 g/mol. The van der Waals surface area contributed by atoms with E-state index < -0.39 is 0 Å². The SMILES string of the molecule is Cc1[nH]ncc1C(=O)Nc1cccc2cccnc12. The average molecular weight is 252 g/mol. The molecule has 3 rings (SSSR count). The maximum atomic E-state index is 12.1. The molecule has 0 aliphatic rings. The van der Waals surface area contributed by atoms with Crippen LogP contribution in [-0.4, -0.2) is 21.1 Å². The normalized spacial score (nSPS) is 10.6. The van der Waals surface area contributed by atoms with Crippen molar-refractivity contribution in [2.24, 2.45) is 0 Å². The number of carbonyl (C=O) groups is 1. The summed E-state index contributed by atoms with van der Waals surface area (Å²) in [6.07, 6.45) is 3.23. The Morgan fingerprint density at radius 1 is 1.26 bits per heavy atom. The highest BCUT2D eigenvalue weighted by Crippen LogP contribution is 2.21. The molecule has 0 saturated carbocycles. The molecule has 2 aromatic heterocycles. The molecule has 0 radical (unpaired) electrons. The van der Waals surface area contributed by atoms with Gasteiger partial charge in [-0.25, -0.2) is 0 Å². The Morgan fingerprint density at radius 2 is 2.11 bits per heavy atom. The number of para-hydroxylation sites is 1. The van der Waals surface area contributed by atoms with Crippen molar-refractivity contribution in [3.05, 3.63) is 54.0 Å². The molecule has 0 fully saturated rings. The summed E-state index contributed by atoms with van der Waals surface area (Å²) in [6, 6.07) is 9.51. The standard InChI is InChI=1S/C14H12N4O/c1-9-11(8-16-18-9)14(19)17-12-6-2-4-10-5-3-7-15-13(10)12/h2-8H,1H3,(H,16,18)(H,17,19). The van der Waals surface area contributed by atoms with Gasteiger partial charge in [0.25, 0.3) is 5.91 Å². The molecule has 5 heteroatoms. The fourth-order valence-electron chi connectivity index (χ4n) is 1.97. The van der Waals surface area contributed by atoms with Crippen LogP contribution in [-0.2, 0) is 0 Å². The van der Waals surface area contributed by atoms with Crippen LogP contribution in [0.1, 0.15) is 16.1 Å². The summed E-state index contributed by atoms with van der Waals surface area (Å²) in [7, 11) is 0. The second kappa shape index (κ2) is 4.53. The number of fused-ring (bicyclic) bond motifs is 1. The van der Waals surface area contributed by atoms with E-state index in [-0.39, 0.29) is 5.91 Å². The van der Waals surface area contributed by atoms with Crippen molar-refractivity contribution in [1.29, 1.82) is 0 Å². The van der Waals surface area contributed by atoms with Gasteiger partial charge < -0.3 is 5.32 Å². The molecule has 1 aromatic carbocycles. The molecule has 94 valence electrons. The van der Waals surface area contributed by atoms with E-state index in [1.807, 2.05) is 37.3 Å². The van der Waals surface area contributed by atoms with Crippen LogP contribution in [0.15, 0.2) is 42.7 Å². The Labute approximate surface area is 109 Å². The third-order valence-electron chi connectivity index (χ3n) is 2.96. The van der Waals surface area contributed by atoms with Crippen molar-refractivity contribution < 1.29 is 4.79 Å². The third-order valence-corrected chi connectivity index (χ3v) is 2.96. The Hall–Kier alpha value is -2.69. The van der Waals surface area contributed by atoms with Crippen molar-refractivity contribution in [3.63, 3.8) is 0 Å². The van der Waals surface area contributed by atoms with Gasteiger partial charge in [-0.15, -0.1) is 0 Å². The van der Waals surface area contributed by atoms with Crippen molar-refractivity contribution in [2.75, 3.05) is 5.32 Å². The van der Waals surface area contributed by atoms with Gasteiger partial charge in [0.15, 0.2) is 0 Å². The van der Waals surface area contributed by atoms with E-state index in [1.54, 1.807) is 6.20 Å². The zero-order valence-electron chi connectivity index (χ0n) is 10.3. The summed E-state index contributed by atoms with van der Waals surface area (Å²) >= 11 is 0. The molecule has 0 saturated heterocycles. The minimum atomic E-state index is -0.190. The van der Waals surface area contributed by atoms with Crippen LogP contribution in [0.3, 0.4) is 0 Å². The fraction of sp³-hybridized carbons (Fsp3) is 0.0714. The van der Waals surface area contributed by atoms with E-state index in [0.29, 0.717) is 11.3 Å². The van der Waals surface area contributed by atoms with E-state index in [9.17, 15) is 4.79 Å². The van der Waals surface area contributed by atoms with Gasteiger partial charge in [-0.2, -0.15) is 5.10 Å². The van der Waals surface area contributed by atoms with Gasteiger partial charge >= 0.3 is 0 Å². The van der Waals surface area contributed by atoms with Gasteiger partial charge in [0, 0.05) is 17.3 Å². The molecule has 2 N–H and O–H groups in total. The maximum absolute atomic E-state index is 12.1. The summed E-state index contributed by atoms with van der Waals surface area (Å²) in [6.45, 7) is 1.81. The predicted molar refractivity (Wildman–Crippen MR) is 73.0 cm³/mol. The van der Waals surface area contributed by atoms with Crippen LogP contribution in [0.25, 0.3) is 10.9 Å². The first-order valence-electron chi connectivity index (χ1n) is 5.91. The summed E-state index contributed by atoms with van der Waals surface area (Å²) < 4.78 is 0. The van der Waals surface area contributed by atoms with E-state index in [2.05, 4.69) is 20.5 Å². The topological polar surface area (TPSA) is 70.7 Å². The number of hydrogen-bond acceptors (Lipinski definition) is 3. The lowest BCUT2D eigenvalue weighted by molar-refractivity contribution is 0.102. The summed E-state index contributed by atoms with van der Waals surface area (Å²) in [5.74, 6) is -0.190. The van der Waals surface area contributed by atoms with Crippen molar-refractivity contribution >= 4 is 22.5 Å². The van der Waals surface area contributed by atoms with Crippen LogP contribution in [0.2, 0.25) is 0 Å². The molecule has 0 aliphatic heterocycles. The Balaban J connectivity index is 1.98. The maximum Gasteiger partial charge on any atom is 0.259 e. The first kappa shape index (κ1) is 11.4. The van der Waals surface area contributed by atoms with Crippen LogP contribution in [0, 0.1) is 6.92 Å². The Kier molecular flexibility index (Phi) is 2.72. The third kappa shape index (κ3) is 2.06. The fourth-order valence-corrected chi connectivity index (χ4v) is 1.97. The largest absolute Gasteiger partial charge is 0.320 e. The number of nitrogens with one attached hydrogen (secondary N) is 2. The molecule has 19 heavy (non-hydrogen) atoms. The molecule has 0 aliphatic carbocycles. The van der Waals surface area contributed by atoms with Gasteiger partial charge in [-0.3, -0.25) is 14.9 Å². The van der Waals surface area contributed by atoms with Gasteiger partial charge in [-0.05, 0) is 19.1 Å². The highest BCUT2D eigenvalue weighted by molar-refractivity contribution is 6.08. The van der Waals surface area contributed by atoms with Crippen molar-refractivity contribution in [1.82, 2.24) is 15.2 Å². The first-order chi connectivity index (χ1) is 9.25. The molecule has 0 spiro atoms. The van der Waals surface area contributed by atoms with Gasteiger partial charge in [0.1, 0.15) is 0 Å². The number of amides is 1. The number of aromatic amines is 1. The number of aryl methyl sites for hydroxylation is 1. The Bertz CT molecular complexity index is 743. The first-order valence-corrected chi connectivity index (χ1v) is 5.91. The highest BCUT2D eigenvalue weighted by atomic mass is 16.1. The lowest BCUT2D eigenvalue weighted by atomic mass is 10.2. The number of benzene rings is 1. The zero-order chi connectivity index (χ0) is 13.2. The minimum Gasteiger partial charge on any atom is -0.320 e. The summed E-state index contributed by atoms with van der Waals surface area (Å²) in [4.78, 5) is 16.4. The second-order valence-electron chi connectivity index (χ2n) is 4.24. The van der Waals surface area contributed by atoms with Gasteiger partial charge in [0.2, 0.25) is 0 Å². The number of anilines is 1. The van der Waals surface area contributed by atoms with Crippen LogP contribution >= 0.6 is 0 Å². The quantitative estimate of drug-likeness (QED) is 0.736. The molecule has 0 unspecified atom stereocenters. The second-order valence-corrected chi connectivity index (χ2v) is 4.24. The highest BCUT2D eigenvalue weighted by Gasteiger charge is 2.12. The van der Waals surface area contributed by atoms with E-state index in [4.69, 9.17) is 0 Å².